The average molecular weight is 709 g/mol. The molecule has 13 nitrogen and oxygen atoms in total. The van der Waals surface area contributed by atoms with Crippen molar-refractivity contribution in [1.82, 2.24) is 4.90 Å². The van der Waals surface area contributed by atoms with Gasteiger partial charge >= 0.3 is 12.4 Å². The number of hydrogen-bond acceptors (Lipinski definition) is 10. The van der Waals surface area contributed by atoms with Gasteiger partial charge in [0, 0.05) is 22.9 Å². The Balaban J connectivity index is 1.29. The lowest BCUT2D eigenvalue weighted by atomic mass is 9.57. The number of ether oxygens (including phenoxy) is 1. The number of rotatable bonds is 6. The number of aliphatic hydroxyl groups is 3. The maximum Gasteiger partial charge on any atom is 0.573 e. The second-order valence-electron chi connectivity index (χ2n) is 12.7. The minimum absolute atomic E-state index is 0.0722. The fourth-order valence-electron chi connectivity index (χ4n) is 7.28. The maximum absolute atomic E-state index is 14.0. The number of primary amides is 1. The van der Waals surface area contributed by atoms with Gasteiger partial charge in [0.2, 0.25) is 5.78 Å². The van der Waals surface area contributed by atoms with E-state index >= 15 is 0 Å². The number of urea groups is 1. The van der Waals surface area contributed by atoms with Crippen molar-refractivity contribution in [3.63, 3.8) is 0 Å². The standard InChI is InChI=1S/C35H31F3N4O9/c1-42(2)27-22-14-16-13-21-20(15-3-5-17(6-4-15)40-33(49)41-18-7-9-19(10-8-18)51-35(36,37)38)11-12-23(43)25(21)28(44)24(16)30(46)34(22,50)31(47)26(29(27)45)32(39)48/h3-12,16,22,27,43-44,47,50H,13-14H2,1-2H3,(H2,39,48)(H2,40,41,49)/t16-,22-,27-,34-/m0/s1. The molecule has 3 aliphatic rings. The number of phenolic OH excluding ortho intramolecular Hbond substituents is 1. The van der Waals surface area contributed by atoms with Crippen LogP contribution in [0, 0.1) is 11.8 Å². The molecule has 0 bridgehead atoms. The van der Waals surface area contributed by atoms with Crippen LogP contribution in [0.2, 0.25) is 0 Å². The third-order valence-corrected chi connectivity index (χ3v) is 9.40. The summed E-state index contributed by atoms with van der Waals surface area (Å²) in [4.78, 5) is 53.5. The summed E-state index contributed by atoms with van der Waals surface area (Å²) >= 11 is 0. The molecule has 0 heterocycles. The van der Waals surface area contributed by atoms with Crippen molar-refractivity contribution < 1.29 is 57.5 Å². The summed E-state index contributed by atoms with van der Waals surface area (Å²) in [5.41, 5.74) is 3.53. The minimum Gasteiger partial charge on any atom is -0.508 e. The van der Waals surface area contributed by atoms with Crippen LogP contribution in [-0.2, 0) is 20.8 Å². The van der Waals surface area contributed by atoms with E-state index in [0.29, 0.717) is 22.4 Å². The van der Waals surface area contributed by atoms with Gasteiger partial charge in [0.05, 0.1) is 11.6 Å². The first kappa shape index (κ1) is 35.0. The van der Waals surface area contributed by atoms with Crippen LogP contribution in [0.4, 0.5) is 29.3 Å². The van der Waals surface area contributed by atoms with E-state index in [1.807, 2.05) is 0 Å². The lowest BCUT2D eigenvalue weighted by Gasteiger charge is -2.50. The predicted octanol–water partition coefficient (Wildman–Crippen LogP) is 4.17. The molecule has 0 aliphatic heterocycles. The fraction of sp³-hybridized carbons (Fsp3) is 0.257. The van der Waals surface area contributed by atoms with E-state index in [1.54, 1.807) is 30.3 Å². The highest BCUT2D eigenvalue weighted by Crippen LogP contribution is 2.53. The number of nitrogens with one attached hydrogen (secondary N) is 2. The summed E-state index contributed by atoms with van der Waals surface area (Å²) < 4.78 is 41.0. The van der Waals surface area contributed by atoms with Crippen molar-refractivity contribution in [3.8, 4) is 22.6 Å². The number of fused-ring (bicyclic) bond motifs is 3. The molecule has 1 saturated carbocycles. The Morgan fingerprint density at radius 2 is 1.53 bits per heavy atom. The Labute approximate surface area is 287 Å². The summed E-state index contributed by atoms with van der Waals surface area (Å²) in [6.45, 7) is 0. The quantitative estimate of drug-likeness (QED) is 0.182. The van der Waals surface area contributed by atoms with Crippen LogP contribution >= 0.6 is 0 Å². The van der Waals surface area contributed by atoms with E-state index in [4.69, 9.17) is 5.73 Å². The highest BCUT2D eigenvalue weighted by molar-refractivity contribution is 6.24. The van der Waals surface area contributed by atoms with Gasteiger partial charge in [-0.2, -0.15) is 0 Å². The molecule has 0 unspecified atom stereocenters. The second kappa shape index (κ2) is 12.5. The first-order chi connectivity index (χ1) is 23.9. The summed E-state index contributed by atoms with van der Waals surface area (Å²) in [7, 11) is 3.03. The Morgan fingerprint density at radius 1 is 0.941 bits per heavy atom. The molecule has 0 spiro atoms. The number of amides is 3. The summed E-state index contributed by atoms with van der Waals surface area (Å²) in [5, 5.41) is 50.3. The molecule has 1 fully saturated rings. The first-order valence-electron chi connectivity index (χ1n) is 15.5. The number of likely N-dealkylation sites (N-methyl/N-ethyl adjacent to an activating group) is 1. The van der Waals surface area contributed by atoms with Crippen molar-refractivity contribution in [3.05, 3.63) is 88.7 Å². The molecule has 4 atom stereocenters. The van der Waals surface area contributed by atoms with E-state index in [2.05, 4.69) is 15.4 Å². The Morgan fingerprint density at radius 3 is 2.08 bits per heavy atom. The van der Waals surface area contributed by atoms with Gasteiger partial charge in [-0.25, -0.2) is 4.79 Å². The van der Waals surface area contributed by atoms with Crippen LogP contribution < -0.4 is 21.1 Å². The molecule has 266 valence electrons. The van der Waals surface area contributed by atoms with Gasteiger partial charge in [-0.1, -0.05) is 18.2 Å². The molecule has 16 heteroatoms. The molecule has 6 rings (SSSR count). The Kier molecular flexibility index (Phi) is 8.55. The third-order valence-electron chi connectivity index (χ3n) is 9.40. The zero-order valence-electron chi connectivity index (χ0n) is 26.9. The van der Waals surface area contributed by atoms with Gasteiger partial charge in [0.1, 0.15) is 28.6 Å². The van der Waals surface area contributed by atoms with Crippen LogP contribution in [-0.4, -0.2) is 80.9 Å². The average Bonchev–Trinajstić information content (AvgIpc) is 3.03. The van der Waals surface area contributed by atoms with Gasteiger partial charge in [-0.15, -0.1) is 13.2 Å². The van der Waals surface area contributed by atoms with Gasteiger partial charge in [0.15, 0.2) is 11.4 Å². The highest BCUT2D eigenvalue weighted by atomic mass is 19.4. The number of ketones is 2. The molecule has 51 heavy (non-hydrogen) atoms. The third kappa shape index (κ3) is 6.01. The molecule has 0 radical (unpaired) electrons. The number of alkyl halides is 3. The molecule has 3 amide bonds. The number of aliphatic hydroxyl groups excluding tert-OH is 2. The number of halogens is 3. The minimum atomic E-state index is -4.85. The van der Waals surface area contributed by atoms with Crippen LogP contribution in [0.3, 0.4) is 0 Å². The summed E-state index contributed by atoms with van der Waals surface area (Å²) in [6, 6.07) is 12.0. The van der Waals surface area contributed by atoms with Crippen molar-refractivity contribution in [2.75, 3.05) is 24.7 Å². The molecule has 0 aromatic heterocycles. The fourth-order valence-corrected chi connectivity index (χ4v) is 7.28. The zero-order chi connectivity index (χ0) is 37.2. The Hall–Kier alpha value is -5.87. The summed E-state index contributed by atoms with van der Waals surface area (Å²) in [6.07, 6.45) is -4.85. The lowest BCUT2D eigenvalue weighted by molar-refractivity contribution is -0.274. The molecule has 3 aromatic rings. The van der Waals surface area contributed by atoms with E-state index in [0.717, 1.165) is 12.1 Å². The number of anilines is 2. The van der Waals surface area contributed by atoms with Crippen LogP contribution in [0.15, 0.2) is 77.6 Å². The van der Waals surface area contributed by atoms with Crippen LogP contribution in [0.5, 0.6) is 11.5 Å². The molecular formula is C35H31F3N4O9. The maximum atomic E-state index is 14.0. The predicted molar refractivity (Wildman–Crippen MR) is 175 cm³/mol. The van der Waals surface area contributed by atoms with Gasteiger partial charge in [0.25, 0.3) is 5.91 Å². The van der Waals surface area contributed by atoms with Gasteiger partial charge < -0.3 is 41.5 Å². The van der Waals surface area contributed by atoms with E-state index < -0.39 is 76.2 Å². The van der Waals surface area contributed by atoms with Crippen molar-refractivity contribution in [2.45, 2.75) is 30.8 Å². The Bertz CT molecular complexity index is 2040. The number of nitrogens with two attached hydrogens (primary N) is 1. The number of carbonyl (C=O) groups is 4. The molecule has 8 N–H and O–H groups in total. The number of carbonyl (C=O) groups excluding carboxylic acids is 4. The van der Waals surface area contributed by atoms with Crippen LogP contribution in [0.25, 0.3) is 16.9 Å². The monoisotopic (exact) mass is 708 g/mol. The van der Waals surface area contributed by atoms with Crippen molar-refractivity contribution in [2.24, 2.45) is 17.6 Å². The lowest BCUT2D eigenvalue weighted by Crippen LogP contribution is -2.65. The molecule has 3 aromatic carbocycles. The number of Topliss-reactive ketones (excluding diaryl/α,β-unsaturated/α-hetero) is 2. The van der Waals surface area contributed by atoms with Crippen molar-refractivity contribution in [1.29, 1.82) is 0 Å². The van der Waals surface area contributed by atoms with E-state index in [1.165, 1.54) is 37.2 Å². The summed E-state index contributed by atoms with van der Waals surface area (Å²) in [5.74, 6) is -7.90. The second-order valence-corrected chi connectivity index (χ2v) is 12.7. The number of hydrogen-bond donors (Lipinski definition) is 7. The normalized spacial score (nSPS) is 23.0. The van der Waals surface area contributed by atoms with Crippen molar-refractivity contribution >= 4 is 40.6 Å². The van der Waals surface area contributed by atoms with Crippen LogP contribution in [0.1, 0.15) is 17.5 Å². The zero-order valence-corrected chi connectivity index (χ0v) is 26.9. The van der Waals surface area contributed by atoms with Gasteiger partial charge in [-0.05, 0) is 92.0 Å². The number of nitrogens with zero attached hydrogens (tertiary/aromatic N) is 1. The number of benzene rings is 3. The highest BCUT2D eigenvalue weighted by Gasteiger charge is 2.64. The topological polar surface area (TPSA) is 212 Å². The van der Waals surface area contributed by atoms with Gasteiger partial charge in [-0.3, -0.25) is 19.3 Å². The van der Waals surface area contributed by atoms with E-state index in [-0.39, 0.29) is 35.4 Å². The van der Waals surface area contributed by atoms with E-state index in [9.17, 15) is 52.8 Å². The number of phenols is 1. The number of aromatic hydroxyl groups is 1. The largest absolute Gasteiger partial charge is 0.573 e. The molecule has 3 aliphatic carbocycles. The first-order valence-corrected chi connectivity index (χ1v) is 15.5. The SMILES string of the molecule is CN(C)[C@@H]1C(=O)C(C(N)=O)=C(O)[C@@]2(O)C(=O)C3=C(O)c4c(O)ccc(-c5ccc(NC(=O)Nc6ccc(OC(F)(F)F)cc6)cc5)c4C[C@H]3C[C@@H]12. The molecular weight excluding hydrogens is 677 g/mol. The molecule has 0 saturated heterocycles. The smallest absolute Gasteiger partial charge is 0.508 e.